The molecule has 2 aromatic rings. The molecule has 0 radical (unpaired) electrons. The number of hydrogen-bond donors (Lipinski definition) is 1. The number of carbonyl (C=O) groups is 2. The van der Waals surface area contributed by atoms with E-state index < -0.39 is 5.54 Å². The van der Waals surface area contributed by atoms with Gasteiger partial charge in [0, 0.05) is 51.2 Å². The maximum atomic E-state index is 13.1. The Kier molecular flexibility index (Phi) is 4.26. The van der Waals surface area contributed by atoms with E-state index in [4.69, 9.17) is 0 Å². The first-order valence-electron chi connectivity index (χ1n) is 9.16. The van der Waals surface area contributed by atoms with Gasteiger partial charge in [-0.3, -0.25) is 19.0 Å². The van der Waals surface area contributed by atoms with Crippen molar-refractivity contribution >= 4 is 17.6 Å². The Bertz CT molecular complexity index is 784. The zero-order valence-electron chi connectivity index (χ0n) is 15.0. The second-order valence-electron chi connectivity index (χ2n) is 7.34. The third kappa shape index (κ3) is 3.23. The monoisotopic (exact) mass is 356 g/mol. The molecule has 8 heteroatoms. The van der Waals surface area contributed by atoms with E-state index in [2.05, 4.69) is 15.5 Å². The van der Waals surface area contributed by atoms with Crippen molar-refractivity contribution in [3.05, 3.63) is 30.7 Å². The van der Waals surface area contributed by atoms with Crippen molar-refractivity contribution in [1.82, 2.24) is 24.5 Å². The fraction of sp³-hybridized carbons (Fsp3) is 0.556. The van der Waals surface area contributed by atoms with Gasteiger partial charge in [-0.2, -0.15) is 10.2 Å². The minimum Gasteiger partial charge on any atom is -0.342 e. The molecule has 1 aliphatic carbocycles. The van der Waals surface area contributed by atoms with Crippen LogP contribution in [0.1, 0.15) is 32.1 Å². The van der Waals surface area contributed by atoms with Gasteiger partial charge in [0.25, 0.3) is 5.91 Å². The first kappa shape index (κ1) is 16.8. The maximum Gasteiger partial charge on any atom is 0.253 e. The van der Waals surface area contributed by atoms with Crippen LogP contribution in [-0.4, -0.2) is 49.4 Å². The number of aryl methyl sites for hydroxylation is 1. The second kappa shape index (κ2) is 6.59. The number of rotatable bonds is 5. The fourth-order valence-electron chi connectivity index (χ4n) is 3.62. The van der Waals surface area contributed by atoms with E-state index in [1.165, 1.54) is 12.8 Å². The molecule has 1 N–H and O–H groups in total. The third-order valence-corrected chi connectivity index (χ3v) is 5.42. The highest BCUT2D eigenvalue weighted by Crippen LogP contribution is 2.35. The van der Waals surface area contributed by atoms with E-state index in [9.17, 15) is 9.59 Å². The Labute approximate surface area is 152 Å². The Balaban J connectivity index is 1.50. The van der Waals surface area contributed by atoms with Crippen molar-refractivity contribution in [2.75, 3.05) is 18.4 Å². The van der Waals surface area contributed by atoms with Crippen molar-refractivity contribution < 1.29 is 9.59 Å². The van der Waals surface area contributed by atoms with Crippen LogP contribution in [0.25, 0.3) is 0 Å². The highest BCUT2D eigenvalue weighted by Gasteiger charge is 2.45. The van der Waals surface area contributed by atoms with E-state index >= 15 is 0 Å². The molecule has 4 rings (SSSR count). The lowest BCUT2D eigenvalue weighted by molar-refractivity contribution is -0.138. The quantitative estimate of drug-likeness (QED) is 0.877. The van der Waals surface area contributed by atoms with Gasteiger partial charge in [-0.05, 0) is 37.7 Å². The lowest BCUT2D eigenvalue weighted by Gasteiger charge is -2.40. The fourth-order valence-corrected chi connectivity index (χ4v) is 3.62. The number of carbonyl (C=O) groups excluding carboxylic acids is 2. The molecule has 0 spiro atoms. The maximum absolute atomic E-state index is 13.1. The molecule has 2 amide bonds. The van der Waals surface area contributed by atoms with Crippen LogP contribution in [0.5, 0.6) is 0 Å². The molecule has 2 aliphatic rings. The summed E-state index contributed by atoms with van der Waals surface area (Å²) in [6, 6.07) is 3.59. The normalized spacial score (nSPS) is 19.3. The van der Waals surface area contributed by atoms with Crippen molar-refractivity contribution in [2.45, 2.75) is 37.6 Å². The second-order valence-corrected chi connectivity index (χ2v) is 7.34. The third-order valence-electron chi connectivity index (χ3n) is 5.42. The van der Waals surface area contributed by atoms with Crippen LogP contribution in [0.4, 0.5) is 5.82 Å². The van der Waals surface area contributed by atoms with E-state index in [0.29, 0.717) is 44.1 Å². The minimum atomic E-state index is -0.794. The first-order chi connectivity index (χ1) is 12.6. The predicted molar refractivity (Wildman–Crippen MR) is 95.2 cm³/mol. The van der Waals surface area contributed by atoms with Crippen LogP contribution in [0.3, 0.4) is 0 Å². The van der Waals surface area contributed by atoms with Crippen LogP contribution in [0.2, 0.25) is 0 Å². The molecule has 138 valence electrons. The minimum absolute atomic E-state index is 0.130. The van der Waals surface area contributed by atoms with Gasteiger partial charge in [0.1, 0.15) is 5.54 Å². The van der Waals surface area contributed by atoms with Gasteiger partial charge in [0.05, 0.1) is 0 Å². The molecule has 8 nitrogen and oxygen atoms in total. The lowest BCUT2D eigenvalue weighted by Crippen LogP contribution is -2.54. The van der Waals surface area contributed by atoms with E-state index in [-0.39, 0.29) is 11.8 Å². The van der Waals surface area contributed by atoms with Crippen molar-refractivity contribution in [3.8, 4) is 0 Å². The number of nitrogens with zero attached hydrogens (tertiary/aromatic N) is 5. The Morgan fingerprint density at radius 3 is 2.62 bits per heavy atom. The molecular formula is C18H24N6O2. The summed E-state index contributed by atoms with van der Waals surface area (Å²) in [6.07, 6.45) is 9.37. The zero-order chi connectivity index (χ0) is 18.1. The number of aromatic nitrogens is 4. The van der Waals surface area contributed by atoms with Crippen LogP contribution in [-0.2, 0) is 22.2 Å². The SMILES string of the molecule is Cn1ccc(NC(=O)C2(n3cccn3)CCN(C(=O)CC3CC3)CC2)n1. The molecule has 2 aromatic heterocycles. The Hall–Kier alpha value is -2.64. The number of amides is 2. The molecule has 0 unspecified atom stereocenters. The number of likely N-dealkylation sites (tertiary alicyclic amines) is 1. The van der Waals surface area contributed by atoms with Gasteiger partial charge in [-0.25, -0.2) is 0 Å². The van der Waals surface area contributed by atoms with Gasteiger partial charge in [-0.1, -0.05) is 0 Å². The number of anilines is 1. The molecule has 0 aromatic carbocycles. The molecule has 0 bridgehead atoms. The largest absolute Gasteiger partial charge is 0.342 e. The standard InChI is InChI=1S/C18H24N6O2/c1-22-10-5-15(21-22)20-17(26)18(24-9-2-8-19-24)6-11-23(12-7-18)16(25)13-14-3-4-14/h2,5,8-10,14H,3-4,6-7,11-13H2,1H3,(H,20,21,26). The summed E-state index contributed by atoms with van der Waals surface area (Å²) in [5.74, 6) is 1.19. The van der Waals surface area contributed by atoms with E-state index in [0.717, 1.165) is 0 Å². The molecule has 1 aliphatic heterocycles. The van der Waals surface area contributed by atoms with Gasteiger partial charge in [-0.15, -0.1) is 0 Å². The highest BCUT2D eigenvalue weighted by molar-refractivity contribution is 5.96. The zero-order valence-corrected chi connectivity index (χ0v) is 15.0. The summed E-state index contributed by atoms with van der Waals surface area (Å²) < 4.78 is 3.38. The summed E-state index contributed by atoms with van der Waals surface area (Å²) in [5.41, 5.74) is -0.794. The molecule has 1 saturated heterocycles. The summed E-state index contributed by atoms with van der Waals surface area (Å²) in [4.78, 5) is 27.4. The molecule has 1 saturated carbocycles. The van der Waals surface area contributed by atoms with Gasteiger partial charge < -0.3 is 10.2 Å². The van der Waals surface area contributed by atoms with E-state index in [1.54, 1.807) is 27.8 Å². The molecular weight excluding hydrogens is 332 g/mol. The Morgan fingerprint density at radius 2 is 2.04 bits per heavy atom. The summed E-state index contributed by atoms with van der Waals surface area (Å²) >= 11 is 0. The average molecular weight is 356 g/mol. The molecule has 26 heavy (non-hydrogen) atoms. The average Bonchev–Trinajstić information content (AvgIpc) is 3.10. The van der Waals surface area contributed by atoms with Crippen LogP contribution >= 0.6 is 0 Å². The number of piperidine rings is 1. The Morgan fingerprint density at radius 1 is 1.27 bits per heavy atom. The van der Waals surface area contributed by atoms with Crippen LogP contribution < -0.4 is 5.32 Å². The molecule has 3 heterocycles. The molecule has 2 fully saturated rings. The van der Waals surface area contributed by atoms with Crippen molar-refractivity contribution in [1.29, 1.82) is 0 Å². The van der Waals surface area contributed by atoms with Crippen molar-refractivity contribution in [2.24, 2.45) is 13.0 Å². The van der Waals surface area contributed by atoms with Gasteiger partial charge >= 0.3 is 0 Å². The van der Waals surface area contributed by atoms with Crippen molar-refractivity contribution in [3.63, 3.8) is 0 Å². The highest BCUT2D eigenvalue weighted by atomic mass is 16.2. The lowest BCUT2D eigenvalue weighted by atomic mass is 9.86. The number of nitrogens with one attached hydrogen (secondary N) is 1. The summed E-state index contributed by atoms with van der Waals surface area (Å²) in [6.45, 7) is 1.14. The predicted octanol–water partition coefficient (Wildman–Crippen LogP) is 1.37. The molecule has 0 atom stereocenters. The van der Waals surface area contributed by atoms with Crippen LogP contribution in [0, 0.1) is 5.92 Å². The van der Waals surface area contributed by atoms with Crippen LogP contribution in [0.15, 0.2) is 30.7 Å². The topological polar surface area (TPSA) is 85.0 Å². The summed E-state index contributed by atoms with van der Waals surface area (Å²) in [5, 5.41) is 11.5. The van der Waals surface area contributed by atoms with E-state index in [1.807, 2.05) is 24.2 Å². The van der Waals surface area contributed by atoms with Gasteiger partial charge in [0.15, 0.2) is 5.82 Å². The first-order valence-corrected chi connectivity index (χ1v) is 9.16. The summed E-state index contributed by atoms with van der Waals surface area (Å²) in [7, 11) is 1.81. The van der Waals surface area contributed by atoms with Gasteiger partial charge in [0.2, 0.25) is 5.91 Å². The smallest absolute Gasteiger partial charge is 0.253 e. The number of hydrogen-bond acceptors (Lipinski definition) is 4.